The van der Waals surface area contributed by atoms with Gasteiger partial charge in [-0.3, -0.25) is 9.78 Å². The summed E-state index contributed by atoms with van der Waals surface area (Å²) in [5.74, 6) is -0.247. The Bertz CT molecular complexity index is 560. The van der Waals surface area contributed by atoms with Crippen LogP contribution in [0.15, 0.2) is 48.8 Å². The van der Waals surface area contributed by atoms with Crippen LogP contribution >= 0.6 is 11.6 Å². The second-order valence-electron chi connectivity index (χ2n) is 4.02. The predicted octanol–water partition coefficient (Wildman–Crippen LogP) is 2.20. The molecule has 0 unspecified atom stereocenters. The van der Waals surface area contributed by atoms with E-state index in [0.717, 1.165) is 0 Å². The summed E-state index contributed by atoms with van der Waals surface area (Å²) in [4.78, 5) is 15.6. The number of aromatic nitrogens is 1. The first kappa shape index (κ1) is 13.5. The minimum absolute atomic E-state index is 0.126. The Morgan fingerprint density at radius 3 is 2.74 bits per heavy atom. The van der Waals surface area contributed by atoms with Gasteiger partial charge < -0.3 is 10.4 Å². The molecule has 4 nitrogen and oxygen atoms in total. The number of hydrogen-bond acceptors (Lipinski definition) is 3. The maximum absolute atomic E-state index is 11.8. The molecule has 0 bridgehead atoms. The lowest BCUT2D eigenvalue weighted by atomic mass is 10.1. The molecule has 98 valence electrons. The predicted molar refractivity (Wildman–Crippen MR) is 73.0 cm³/mol. The smallest absolute Gasteiger partial charge is 0.251 e. The van der Waals surface area contributed by atoms with E-state index in [4.69, 9.17) is 11.6 Å². The molecule has 1 atom stereocenters. The fraction of sp³-hybridized carbons (Fsp3) is 0.143. The molecule has 5 heteroatoms. The Morgan fingerprint density at radius 2 is 2.05 bits per heavy atom. The first-order valence-electron chi connectivity index (χ1n) is 5.78. The summed E-state index contributed by atoms with van der Waals surface area (Å²) in [6.45, 7) is 0.126. The molecule has 0 aliphatic heterocycles. The normalized spacial score (nSPS) is 11.9. The first-order valence-corrected chi connectivity index (χ1v) is 6.16. The minimum atomic E-state index is -0.788. The zero-order valence-electron chi connectivity index (χ0n) is 10.1. The number of halogens is 1. The average Bonchev–Trinajstić information content (AvgIpc) is 2.45. The van der Waals surface area contributed by atoms with Crippen molar-refractivity contribution in [2.24, 2.45) is 0 Å². The number of carbonyl (C=O) groups is 1. The number of benzene rings is 1. The molecule has 0 saturated heterocycles. The highest BCUT2D eigenvalue weighted by Crippen LogP contribution is 2.17. The van der Waals surface area contributed by atoms with Crippen LogP contribution in [0.1, 0.15) is 22.0 Å². The molecule has 1 aromatic heterocycles. The number of hydrogen-bond donors (Lipinski definition) is 2. The number of nitrogens with one attached hydrogen (secondary N) is 1. The Labute approximate surface area is 116 Å². The highest BCUT2D eigenvalue weighted by Gasteiger charge is 2.10. The molecule has 2 aromatic rings. The van der Waals surface area contributed by atoms with E-state index in [1.165, 1.54) is 0 Å². The van der Waals surface area contributed by atoms with Gasteiger partial charge in [0.2, 0.25) is 0 Å². The summed E-state index contributed by atoms with van der Waals surface area (Å²) in [5.41, 5.74) is 1.18. The van der Waals surface area contributed by atoms with Gasteiger partial charge in [-0.15, -0.1) is 0 Å². The topological polar surface area (TPSA) is 62.2 Å². The van der Waals surface area contributed by atoms with Gasteiger partial charge in [-0.05, 0) is 29.8 Å². The molecule has 2 N–H and O–H groups in total. The molecule has 1 aromatic carbocycles. The van der Waals surface area contributed by atoms with Crippen LogP contribution in [-0.2, 0) is 0 Å². The second-order valence-corrected chi connectivity index (χ2v) is 4.45. The highest BCUT2D eigenvalue weighted by atomic mass is 35.5. The zero-order chi connectivity index (χ0) is 13.7. The van der Waals surface area contributed by atoms with Crippen LogP contribution in [0, 0.1) is 0 Å². The van der Waals surface area contributed by atoms with E-state index in [-0.39, 0.29) is 12.5 Å². The molecule has 19 heavy (non-hydrogen) atoms. The molecule has 0 spiro atoms. The van der Waals surface area contributed by atoms with Crippen molar-refractivity contribution in [3.63, 3.8) is 0 Å². The number of aliphatic hydroxyl groups excluding tert-OH is 1. The monoisotopic (exact) mass is 276 g/mol. The van der Waals surface area contributed by atoms with Crippen LogP contribution in [-0.4, -0.2) is 22.5 Å². The summed E-state index contributed by atoms with van der Waals surface area (Å²) < 4.78 is 0. The molecule has 0 saturated carbocycles. The Kier molecular flexibility index (Phi) is 4.49. The Hall–Kier alpha value is -1.91. The molecule has 2 rings (SSSR count). The van der Waals surface area contributed by atoms with Crippen LogP contribution in [0.25, 0.3) is 0 Å². The van der Waals surface area contributed by atoms with Crippen molar-refractivity contribution in [2.75, 3.05) is 6.54 Å². The van der Waals surface area contributed by atoms with E-state index in [1.807, 2.05) is 0 Å². The molecule has 0 aliphatic carbocycles. The first-order chi connectivity index (χ1) is 9.16. The van der Waals surface area contributed by atoms with Crippen LogP contribution < -0.4 is 5.32 Å². The van der Waals surface area contributed by atoms with Gasteiger partial charge in [-0.1, -0.05) is 23.7 Å². The summed E-state index contributed by atoms with van der Waals surface area (Å²) in [6, 6.07) is 10.1. The van der Waals surface area contributed by atoms with Gasteiger partial charge in [0.05, 0.1) is 6.10 Å². The molecule has 0 radical (unpaired) electrons. The van der Waals surface area contributed by atoms with E-state index >= 15 is 0 Å². The molecule has 0 aliphatic rings. The minimum Gasteiger partial charge on any atom is -0.387 e. The van der Waals surface area contributed by atoms with Crippen LogP contribution in [0.2, 0.25) is 5.02 Å². The van der Waals surface area contributed by atoms with Crippen LogP contribution in [0.3, 0.4) is 0 Å². The summed E-state index contributed by atoms with van der Waals surface area (Å²) >= 11 is 5.84. The van der Waals surface area contributed by atoms with Gasteiger partial charge in [0, 0.05) is 29.5 Å². The lowest BCUT2D eigenvalue weighted by Gasteiger charge is -2.12. The third-order valence-electron chi connectivity index (χ3n) is 2.63. The van der Waals surface area contributed by atoms with E-state index in [2.05, 4.69) is 10.3 Å². The lowest BCUT2D eigenvalue weighted by molar-refractivity contribution is 0.0916. The van der Waals surface area contributed by atoms with E-state index in [0.29, 0.717) is 16.1 Å². The van der Waals surface area contributed by atoms with Crippen molar-refractivity contribution >= 4 is 17.5 Å². The van der Waals surface area contributed by atoms with E-state index < -0.39 is 6.10 Å². The van der Waals surface area contributed by atoms with Gasteiger partial charge in [-0.25, -0.2) is 0 Å². The summed E-state index contributed by atoms with van der Waals surface area (Å²) in [6.07, 6.45) is 2.30. The SMILES string of the molecule is O=C(NC[C@H](O)c1cccc(Cl)c1)c1ccncc1. The van der Waals surface area contributed by atoms with Crippen molar-refractivity contribution in [1.82, 2.24) is 10.3 Å². The number of rotatable bonds is 4. The van der Waals surface area contributed by atoms with E-state index in [9.17, 15) is 9.90 Å². The second kappa shape index (κ2) is 6.31. The third-order valence-corrected chi connectivity index (χ3v) is 2.87. The van der Waals surface area contributed by atoms with Crippen LogP contribution in [0.5, 0.6) is 0 Å². The average molecular weight is 277 g/mol. The van der Waals surface area contributed by atoms with Gasteiger partial charge in [-0.2, -0.15) is 0 Å². The van der Waals surface area contributed by atoms with Crippen LogP contribution in [0.4, 0.5) is 0 Å². The lowest BCUT2D eigenvalue weighted by Crippen LogP contribution is -2.28. The van der Waals surface area contributed by atoms with Crippen molar-refractivity contribution in [3.05, 3.63) is 64.9 Å². The van der Waals surface area contributed by atoms with Crippen molar-refractivity contribution in [1.29, 1.82) is 0 Å². The molecular formula is C14H13ClN2O2. The number of aliphatic hydroxyl groups is 1. The quantitative estimate of drug-likeness (QED) is 0.900. The van der Waals surface area contributed by atoms with Gasteiger partial charge in [0.25, 0.3) is 5.91 Å². The fourth-order valence-electron chi connectivity index (χ4n) is 1.63. The van der Waals surface area contributed by atoms with Crippen molar-refractivity contribution in [2.45, 2.75) is 6.10 Å². The maximum atomic E-state index is 11.8. The molecular weight excluding hydrogens is 264 g/mol. The largest absolute Gasteiger partial charge is 0.387 e. The summed E-state index contributed by atoms with van der Waals surface area (Å²) in [5, 5.41) is 13.2. The number of amides is 1. The van der Waals surface area contributed by atoms with Crippen molar-refractivity contribution in [3.8, 4) is 0 Å². The van der Waals surface area contributed by atoms with Gasteiger partial charge in [0.1, 0.15) is 0 Å². The number of carbonyl (C=O) groups excluding carboxylic acids is 1. The fourth-order valence-corrected chi connectivity index (χ4v) is 1.83. The van der Waals surface area contributed by atoms with E-state index in [1.54, 1.807) is 48.8 Å². The highest BCUT2D eigenvalue weighted by molar-refractivity contribution is 6.30. The Balaban J connectivity index is 1.94. The number of nitrogens with zero attached hydrogens (tertiary/aromatic N) is 1. The zero-order valence-corrected chi connectivity index (χ0v) is 10.8. The Morgan fingerprint density at radius 1 is 1.32 bits per heavy atom. The van der Waals surface area contributed by atoms with Crippen molar-refractivity contribution < 1.29 is 9.90 Å². The molecule has 1 amide bonds. The number of pyridine rings is 1. The van der Waals surface area contributed by atoms with Gasteiger partial charge >= 0.3 is 0 Å². The molecule has 1 heterocycles. The maximum Gasteiger partial charge on any atom is 0.251 e. The molecule has 0 fully saturated rings. The summed E-state index contributed by atoms with van der Waals surface area (Å²) in [7, 11) is 0. The van der Waals surface area contributed by atoms with Gasteiger partial charge in [0.15, 0.2) is 0 Å². The standard InChI is InChI=1S/C14H13ClN2O2/c15-12-3-1-2-11(8-12)13(18)9-17-14(19)10-4-6-16-7-5-10/h1-8,13,18H,9H2,(H,17,19)/t13-/m0/s1. The third kappa shape index (κ3) is 3.77.